The van der Waals surface area contributed by atoms with E-state index >= 15 is 0 Å². The number of carbonyl (C=O) groups excluding carboxylic acids is 1. The first-order valence-corrected chi connectivity index (χ1v) is 6.99. The molecule has 22 heavy (non-hydrogen) atoms. The van der Waals surface area contributed by atoms with E-state index in [2.05, 4.69) is 10.6 Å². The molecule has 0 aromatic heterocycles. The summed E-state index contributed by atoms with van der Waals surface area (Å²) in [5, 5.41) is 5.96. The predicted octanol–water partition coefficient (Wildman–Crippen LogP) is 2.13. The molecule has 0 radical (unpaired) electrons. The van der Waals surface area contributed by atoms with Crippen LogP contribution in [0.3, 0.4) is 0 Å². The van der Waals surface area contributed by atoms with Gasteiger partial charge in [-0.25, -0.2) is 8.78 Å². The molecule has 0 bridgehead atoms. The van der Waals surface area contributed by atoms with E-state index in [0.717, 1.165) is 44.1 Å². The topological polar surface area (TPSA) is 50.4 Å². The maximum atomic E-state index is 13.6. The van der Waals surface area contributed by atoms with Crippen molar-refractivity contribution < 1.29 is 18.3 Å². The summed E-state index contributed by atoms with van der Waals surface area (Å²) >= 11 is 0. The van der Waals surface area contributed by atoms with Gasteiger partial charge in [0.25, 0.3) is 5.91 Å². The minimum absolute atomic E-state index is 0. The van der Waals surface area contributed by atoms with Gasteiger partial charge in [0, 0.05) is 19.1 Å². The highest BCUT2D eigenvalue weighted by Crippen LogP contribution is 2.28. The van der Waals surface area contributed by atoms with E-state index < -0.39 is 17.5 Å². The van der Waals surface area contributed by atoms with Crippen LogP contribution in [0.15, 0.2) is 18.2 Å². The molecule has 1 aliphatic heterocycles. The predicted molar refractivity (Wildman–Crippen MR) is 82.4 cm³/mol. The molecule has 0 unspecified atom stereocenters. The number of hydrogen-bond acceptors (Lipinski definition) is 3. The van der Waals surface area contributed by atoms with E-state index in [4.69, 9.17) is 4.74 Å². The molecule has 4 nitrogen and oxygen atoms in total. The van der Waals surface area contributed by atoms with E-state index in [9.17, 15) is 13.6 Å². The molecule has 1 aliphatic rings. The molecule has 2 N–H and O–H groups in total. The maximum absolute atomic E-state index is 13.6. The molecule has 1 heterocycles. The van der Waals surface area contributed by atoms with Crippen LogP contribution in [-0.2, 0) is 4.74 Å². The molecule has 1 amide bonds. The van der Waals surface area contributed by atoms with E-state index in [-0.39, 0.29) is 23.4 Å². The number of hydrogen-bond donors (Lipinski definition) is 2. The Bertz CT molecular complexity index is 503. The van der Waals surface area contributed by atoms with Crippen molar-refractivity contribution in [3.05, 3.63) is 35.4 Å². The van der Waals surface area contributed by atoms with Gasteiger partial charge < -0.3 is 15.4 Å². The van der Waals surface area contributed by atoms with Gasteiger partial charge in [0.05, 0.1) is 12.2 Å². The summed E-state index contributed by atoms with van der Waals surface area (Å²) in [4.78, 5) is 12.0. The van der Waals surface area contributed by atoms with Crippen molar-refractivity contribution in [1.82, 2.24) is 10.6 Å². The minimum atomic E-state index is -0.722. The third-order valence-electron chi connectivity index (χ3n) is 3.91. The lowest BCUT2D eigenvalue weighted by atomic mass is 9.79. The number of halogens is 3. The van der Waals surface area contributed by atoms with Crippen LogP contribution in [0.2, 0.25) is 0 Å². The first kappa shape index (κ1) is 18.8. The number of nitrogens with one attached hydrogen (secondary N) is 2. The largest absolute Gasteiger partial charge is 0.384 e. The quantitative estimate of drug-likeness (QED) is 0.867. The average molecular weight is 335 g/mol. The van der Waals surface area contributed by atoms with E-state index in [1.165, 1.54) is 0 Å². The SMILES string of the molecule is COCC1(CNC(=O)c2cc(F)ccc2F)CCNCC1.Cl. The summed E-state index contributed by atoms with van der Waals surface area (Å²) in [5.74, 6) is -1.95. The van der Waals surface area contributed by atoms with Crippen molar-refractivity contribution in [2.24, 2.45) is 5.41 Å². The lowest BCUT2D eigenvalue weighted by molar-refractivity contribution is 0.0511. The summed E-state index contributed by atoms with van der Waals surface area (Å²) in [7, 11) is 1.62. The first-order chi connectivity index (χ1) is 10.1. The van der Waals surface area contributed by atoms with Crippen molar-refractivity contribution >= 4 is 18.3 Å². The zero-order valence-corrected chi connectivity index (χ0v) is 13.3. The Morgan fingerprint density at radius 1 is 1.36 bits per heavy atom. The van der Waals surface area contributed by atoms with Crippen LogP contribution in [-0.4, -0.2) is 39.3 Å². The minimum Gasteiger partial charge on any atom is -0.384 e. The van der Waals surface area contributed by atoms with E-state index in [0.29, 0.717) is 13.2 Å². The molecular formula is C15H21ClF2N2O2. The molecule has 2 rings (SSSR count). The second-order valence-corrected chi connectivity index (χ2v) is 5.49. The molecule has 1 aromatic carbocycles. The molecule has 0 atom stereocenters. The van der Waals surface area contributed by atoms with Gasteiger partial charge in [-0.3, -0.25) is 4.79 Å². The zero-order chi connectivity index (χ0) is 15.3. The van der Waals surface area contributed by atoms with Crippen molar-refractivity contribution in [1.29, 1.82) is 0 Å². The van der Waals surface area contributed by atoms with Gasteiger partial charge >= 0.3 is 0 Å². The fourth-order valence-electron chi connectivity index (χ4n) is 2.67. The van der Waals surface area contributed by atoms with Crippen LogP contribution >= 0.6 is 12.4 Å². The highest BCUT2D eigenvalue weighted by molar-refractivity contribution is 5.94. The fourth-order valence-corrected chi connectivity index (χ4v) is 2.67. The Balaban J connectivity index is 0.00000242. The zero-order valence-electron chi connectivity index (χ0n) is 12.5. The summed E-state index contributed by atoms with van der Waals surface area (Å²) in [6.45, 7) is 2.62. The third kappa shape index (κ3) is 4.63. The lowest BCUT2D eigenvalue weighted by Crippen LogP contribution is -2.47. The van der Waals surface area contributed by atoms with Crippen LogP contribution in [0.4, 0.5) is 8.78 Å². The molecule has 1 aromatic rings. The summed E-state index contributed by atoms with van der Waals surface area (Å²) < 4.78 is 31.9. The molecule has 7 heteroatoms. The Morgan fingerprint density at radius 3 is 2.68 bits per heavy atom. The number of carbonyl (C=O) groups is 1. The van der Waals surface area contributed by atoms with Gasteiger partial charge in [0.15, 0.2) is 0 Å². The monoisotopic (exact) mass is 334 g/mol. The smallest absolute Gasteiger partial charge is 0.254 e. The molecule has 0 saturated carbocycles. The van der Waals surface area contributed by atoms with Crippen LogP contribution in [0.25, 0.3) is 0 Å². The van der Waals surface area contributed by atoms with Crippen molar-refractivity contribution in [3.8, 4) is 0 Å². The number of rotatable bonds is 5. The Kier molecular flexibility index (Phi) is 7.19. The summed E-state index contributed by atoms with van der Waals surface area (Å²) in [5.41, 5.74) is -0.420. The van der Waals surface area contributed by atoms with Gasteiger partial charge in [-0.2, -0.15) is 0 Å². The highest BCUT2D eigenvalue weighted by Gasteiger charge is 2.32. The average Bonchev–Trinajstić information content (AvgIpc) is 2.49. The number of methoxy groups -OCH3 is 1. The van der Waals surface area contributed by atoms with Crippen LogP contribution in [0, 0.1) is 17.0 Å². The number of piperidine rings is 1. The van der Waals surface area contributed by atoms with Gasteiger partial charge in [-0.1, -0.05) is 0 Å². The Labute approximate surface area is 135 Å². The Hall–Kier alpha value is -1.24. The summed E-state index contributed by atoms with van der Waals surface area (Å²) in [6, 6.07) is 2.86. The lowest BCUT2D eigenvalue weighted by Gasteiger charge is -2.37. The third-order valence-corrected chi connectivity index (χ3v) is 3.91. The van der Waals surface area contributed by atoms with Crippen LogP contribution in [0.5, 0.6) is 0 Å². The maximum Gasteiger partial charge on any atom is 0.254 e. The fraction of sp³-hybridized carbons (Fsp3) is 0.533. The van der Waals surface area contributed by atoms with Crippen LogP contribution < -0.4 is 10.6 Å². The standard InChI is InChI=1S/C15H20F2N2O2.ClH/c1-21-10-15(4-6-18-7-5-15)9-19-14(20)12-8-11(16)2-3-13(12)17;/h2-3,8,18H,4-7,9-10H2,1H3,(H,19,20);1H. The van der Waals surface area contributed by atoms with E-state index in [1.807, 2.05) is 0 Å². The molecule has 0 aliphatic carbocycles. The van der Waals surface area contributed by atoms with Crippen molar-refractivity contribution in [3.63, 3.8) is 0 Å². The highest BCUT2D eigenvalue weighted by atomic mass is 35.5. The molecule has 1 saturated heterocycles. The number of amides is 1. The van der Waals surface area contributed by atoms with Gasteiger partial charge in [0.2, 0.25) is 0 Å². The molecular weight excluding hydrogens is 314 g/mol. The summed E-state index contributed by atoms with van der Waals surface area (Å²) in [6.07, 6.45) is 1.74. The number of benzene rings is 1. The normalized spacial score (nSPS) is 16.7. The van der Waals surface area contributed by atoms with Gasteiger partial charge in [0.1, 0.15) is 11.6 Å². The molecule has 0 spiro atoms. The van der Waals surface area contributed by atoms with Crippen LogP contribution in [0.1, 0.15) is 23.2 Å². The van der Waals surface area contributed by atoms with Gasteiger partial charge in [-0.05, 0) is 44.1 Å². The molecule has 124 valence electrons. The van der Waals surface area contributed by atoms with Crippen molar-refractivity contribution in [2.75, 3.05) is 33.4 Å². The Morgan fingerprint density at radius 2 is 2.05 bits per heavy atom. The first-order valence-electron chi connectivity index (χ1n) is 6.99. The second kappa shape index (κ2) is 8.41. The second-order valence-electron chi connectivity index (χ2n) is 5.49. The number of ether oxygens (including phenoxy) is 1. The van der Waals surface area contributed by atoms with Gasteiger partial charge in [-0.15, -0.1) is 12.4 Å². The molecule has 1 fully saturated rings. The van der Waals surface area contributed by atoms with E-state index in [1.54, 1.807) is 7.11 Å². The van der Waals surface area contributed by atoms with Crippen molar-refractivity contribution in [2.45, 2.75) is 12.8 Å².